The van der Waals surface area contributed by atoms with Crippen LogP contribution in [-0.4, -0.2) is 5.75 Å². The van der Waals surface area contributed by atoms with Crippen molar-refractivity contribution in [3.8, 4) is 18.2 Å². The van der Waals surface area contributed by atoms with E-state index in [4.69, 9.17) is 0 Å². The van der Waals surface area contributed by atoms with E-state index in [0.717, 1.165) is 21.6 Å². The molecule has 2 aromatic carbocycles. The predicted molar refractivity (Wildman–Crippen MR) is 103 cm³/mol. The lowest BCUT2D eigenvalue weighted by atomic mass is 9.75. The Morgan fingerprint density at radius 2 is 1.62 bits per heavy atom. The zero-order valence-electron chi connectivity index (χ0n) is 14.0. The molecule has 0 spiro atoms. The van der Waals surface area contributed by atoms with Crippen LogP contribution in [0.5, 0.6) is 0 Å². The van der Waals surface area contributed by atoms with E-state index >= 15 is 0 Å². The summed E-state index contributed by atoms with van der Waals surface area (Å²) in [6.45, 7) is 3.97. The Kier molecular flexibility index (Phi) is 5.23. The molecule has 0 aliphatic carbocycles. The van der Waals surface area contributed by atoms with Crippen LogP contribution in [0.4, 0.5) is 0 Å². The maximum atomic E-state index is 9.55. The summed E-state index contributed by atoms with van der Waals surface area (Å²) in [5.74, 6) is 0.243. The van der Waals surface area contributed by atoms with Gasteiger partial charge < -0.3 is 0 Å². The fourth-order valence-corrected chi connectivity index (χ4v) is 4.64. The van der Waals surface area contributed by atoms with E-state index in [9.17, 15) is 15.8 Å². The third-order valence-corrected chi connectivity index (χ3v) is 5.73. The van der Waals surface area contributed by atoms with Gasteiger partial charge in [0.25, 0.3) is 0 Å². The number of hydrogen-bond acceptors (Lipinski definition) is 4. The minimum Gasteiger partial charge on any atom is -0.193 e. The van der Waals surface area contributed by atoms with Crippen molar-refractivity contribution in [3.05, 3.63) is 83.4 Å². The fourth-order valence-electron chi connectivity index (χ4n) is 3.41. The van der Waals surface area contributed by atoms with Crippen LogP contribution in [0.3, 0.4) is 0 Å². The monoisotopic (exact) mass is 353 g/mol. The van der Waals surface area contributed by atoms with Gasteiger partial charge in [-0.1, -0.05) is 55.1 Å². The van der Waals surface area contributed by atoms with Crippen molar-refractivity contribution in [3.63, 3.8) is 0 Å². The number of thioether (sulfide) groups is 1. The Morgan fingerprint density at radius 3 is 2.27 bits per heavy atom. The summed E-state index contributed by atoms with van der Waals surface area (Å²) < 4.78 is 0. The van der Waals surface area contributed by atoms with Crippen LogP contribution < -0.4 is 0 Å². The molecule has 0 bridgehead atoms. The molecule has 2 atom stereocenters. The molecule has 2 aromatic rings. The highest BCUT2D eigenvalue weighted by Crippen LogP contribution is 2.49. The van der Waals surface area contributed by atoms with Gasteiger partial charge in [0.05, 0.1) is 6.07 Å². The molecule has 0 saturated carbocycles. The SMILES string of the molecule is C=C(C#N)[C@@H](c1ccccc1)[C@@H]1CSc2ccccc2C1=C(C#N)C#N. The molecule has 4 heteroatoms. The lowest BCUT2D eigenvalue weighted by Crippen LogP contribution is -2.23. The highest BCUT2D eigenvalue weighted by atomic mass is 32.2. The molecular formula is C22H15N3S. The van der Waals surface area contributed by atoms with Crippen molar-refractivity contribution >= 4 is 17.3 Å². The zero-order chi connectivity index (χ0) is 18.5. The van der Waals surface area contributed by atoms with Gasteiger partial charge >= 0.3 is 0 Å². The van der Waals surface area contributed by atoms with E-state index in [0.29, 0.717) is 11.3 Å². The van der Waals surface area contributed by atoms with Crippen LogP contribution in [0.1, 0.15) is 17.0 Å². The molecule has 0 amide bonds. The Hall–Kier alpha value is -3.26. The number of hydrogen-bond donors (Lipinski definition) is 0. The first-order valence-corrected chi connectivity index (χ1v) is 9.10. The zero-order valence-corrected chi connectivity index (χ0v) is 14.8. The number of rotatable bonds is 3. The van der Waals surface area contributed by atoms with Crippen LogP contribution >= 0.6 is 11.8 Å². The van der Waals surface area contributed by atoms with E-state index in [1.807, 2.05) is 54.6 Å². The highest BCUT2D eigenvalue weighted by molar-refractivity contribution is 7.99. The molecule has 0 fully saturated rings. The van der Waals surface area contributed by atoms with Crippen molar-refractivity contribution in [1.82, 2.24) is 0 Å². The Balaban J connectivity index is 2.24. The van der Waals surface area contributed by atoms with Crippen LogP contribution in [0.25, 0.3) is 5.57 Å². The van der Waals surface area contributed by atoms with E-state index in [-0.39, 0.29) is 17.4 Å². The van der Waals surface area contributed by atoms with Gasteiger partial charge in [0.1, 0.15) is 17.7 Å². The highest BCUT2D eigenvalue weighted by Gasteiger charge is 2.35. The maximum absolute atomic E-state index is 9.55. The van der Waals surface area contributed by atoms with Gasteiger partial charge in [-0.25, -0.2) is 0 Å². The molecule has 124 valence electrons. The summed E-state index contributed by atoms with van der Waals surface area (Å²) in [5.41, 5.74) is 3.13. The summed E-state index contributed by atoms with van der Waals surface area (Å²) in [5, 5.41) is 28.6. The summed E-state index contributed by atoms with van der Waals surface area (Å²) in [6, 6.07) is 23.8. The molecular weight excluding hydrogens is 338 g/mol. The van der Waals surface area contributed by atoms with Crippen molar-refractivity contribution in [2.24, 2.45) is 5.92 Å². The topological polar surface area (TPSA) is 71.4 Å². The summed E-state index contributed by atoms with van der Waals surface area (Å²) in [6.07, 6.45) is 0. The molecule has 0 saturated heterocycles. The standard InChI is InChI=1S/C22H15N3S/c1-15(11-23)21(16-7-3-2-4-8-16)19-14-26-20-10-6-5-9-18(20)22(19)17(12-24)13-25/h2-10,19,21H,1,14H2/t19-,21-/m0/s1. The van der Waals surface area contributed by atoms with Gasteiger partial charge in [0.15, 0.2) is 0 Å². The minimum atomic E-state index is -0.270. The van der Waals surface area contributed by atoms with E-state index in [1.54, 1.807) is 11.8 Å². The van der Waals surface area contributed by atoms with Crippen LogP contribution in [0.2, 0.25) is 0 Å². The number of nitrogens with zero attached hydrogens (tertiary/aromatic N) is 3. The van der Waals surface area contributed by atoms with Gasteiger partial charge in [-0.3, -0.25) is 0 Å². The van der Waals surface area contributed by atoms with Gasteiger partial charge in [0, 0.05) is 28.1 Å². The largest absolute Gasteiger partial charge is 0.193 e. The predicted octanol–water partition coefficient (Wildman–Crippen LogP) is 5.07. The molecule has 1 aliphatic heterocycles. The van der Waals surface area contributed by atoms with Crippen LogP contribution in [0, 0.1) is 39.9 Å². The quantitative estimate of drug-likeness (QED) is 0.722. The van der Waals surface area contributed by atoms with E-state index < -0.39 is 0 Å². The molecule has 1 aliphatic rings. The fraction of sp³-hybridized carbons (Fsp3) is 0.136. The third-order valence-electron chi connectivity index (χ3n) is 4.54. The molecule has 3 nitrogen and oxygen atoms in total. The number of benzene rings is 2. The van der Waals surface area contributed by atoms with Crippen LogP contribution in [-0.2, 0) is 0 Å². The number of nitriles is 3. The summed E-state index contributed by atoms with van der Waals surface area (Å²) in [7, 11) is 0. The average molecular weight is 353 g/mol. The number of fused-ring (bicyclic) bond motifs is 1. The molecule has 1 heterocycles. The summed E-state index contributed by atoms with van der Waals surface area (Å²) in [4.78, 5) is 1.05. The van der Waals surface area contributed by atoms with Crippen LogP contribution in [0.15, 0.2) is 77.2 Å². The third kappa shape index (κ3) is 3.14. The normalized spacial score (nSPS) is 16.3. The Labute approximate surface area is 157 Å². The van der Waals surface area contributed by atoms with Crippen molar-refractivity contribution in [1.29, 1.82) is 15.8 Å². The molecule has 0 aromatic heterocycles. The smallest absolute Gasteiger partial charge is 0.133 e. The Bertz CT molecular complexity index is 984. The molecule has 3 rings (SSSR count). The Morgan fingerprint density at radius 1 is 0.962 bits per heavy atom. The van der Waals surface area contributed by atoms with E-state index in [2.05, 4.69) is 24.8 Å². The van der Waals surface area contributed by atoms with Gasteiger partial charge in [-0.05, 0) is 22.8 Å². The second kappa shape index (κ2) is 7.75. The lowest BCUT2D eigenvalue weighted by molar-refractivity contribution is 0.646. The van der Waals surface area contributed by atoms with Gasteiger partial charge in [-0.15, -0.1) is 11.8 Å². The van der Waals surface area contributed by atoms with Gasteiger partial charge in [-0.2, -0.15) is 15.8 Å². The molecule has 0 N–H and O–H groups in total. The first-order valence-electron chi connectivity index (χ1n) is 8.11. The second-order valence-electron chi connectivity index (χ2n) is 5.95. The van der Waals surface area contributed by atoms with E-state index in [1.165, 1.54) is 0 Å². The molecule has 0 unspecified atom stereocenters. The van der Waals surface area contributed by atoms with Crippen molar-refractivity contribution in [2.75, 3.05) is 5.75 Å². The van der Waals surface area contributed by atoms with Crippen molar-refractivity contribution < 1.29 is 0 Å². The minimum absolute atomic E-state index is 0.106. The number of allylic oxidation sites excluding steroid dienone is 3. The van der Waals surface area contributed by atoms with Gasteiger partial charge in [0.2, 0.25) is 0 Å². The average Bonchev–Trinajstić information content (AvgIpc) is 2.70. The maximum Gasteiger partial charge on any atom is 0.133 e. The molecule has 26 heavy (non-hydrogen) atoms. The first-order chi connectivity index (χ1) is 12.7. The lowest BCUT2D eigenvalue weighted by Gasteiger charge is -2.33. The first kappa shape index (κ1) is 17.6. The molecule has 0 radical (unpaired) electrons. The summed E-state index contributed by atoms with van der Waals surface area (Å²) >= 11 is 1.69. The van der Waals surface area contributed by atoms with Crippen molar-refractivity contribution in [2.45, 2.75) is 10.8 Å². The second-order valence-corrected chi connectivity index (χ2v) is 7.01.